The summed E-state index contributed by atoms with van der Waals surface area (Å²) in [5, 5.41) is 24.2. The standard InChI is InChI=1S/C6H13NO3.C3H5ClO2/c1-6(2,3-8)4(7)5(9)10;1-2(4)3(5)6/h4,8H,3,7H2,1-2H3,(H,9,10);2H,1H3,(H,5,6). The molecule has 0 radical (unpaired) electrons. The Morgan fingerprint density at radius 3 is 1.69 bits per heavy atom. The Morgan fingerprint density at radius 1 is 1.31 bits per heavy atom. The van der Waals surface area contributed by atoms with Gasteiger partial charge < -0.3 is 21.1 Å². The lowest BCUT2D eigenvalue weighted by atomic mass is 9.86. The number of halogens is 1. The third-order valence-electron chi connectivity index (χ3n) is 1.86. The van der Waals surface area contributed by atoms with Gasteiger partial charge in [-0.2, -0.15) is 0 Å². The van der Waals surface area contributed by atoms with Gasteiger partial charge in [-0.3, -0.25) is 9.59 Å². The number of aliphatic hydroxyl groups is 1. The summed E-state index contributed by atoms with van der Waals surface area (Å²) in [5.41, 5.74) is 4.50. The smallest absolute Gasteiger partial charge is 0.321 e. The Kier molecular flexibility index (Phi) is 8.14. The normalized spacial score (nSPS) is 14.4. The van der Waals surface area contributed by atoms with Crippen LogP contribution in [0.15, 0.2) is 0 Å². The first-order valence-corrected chi connectivity index (χ1v) is 4.96. The highest BCUT2D eigenvalue weighted by atomic mass is 35.5. The number of hydrogen-bond acceptors (Lipinski definition) is 4. The molecule has 0 amide bonds. The third kappa shape index (κ3) is 7.44. The summed E-state index contributed by atoms with van der Waals surface area (Å²) >= 11 is 5.01. The molecule has 0 aliphatic rings. The van der Waals surface area contributed by atoms with E-state index in [0.29, 0.717) is 0 Å². The molecule has 2 unspecified atom stereocenters. The highest BCUT2D eigenvalue weighted by Crippen LogP contribution is 2.17. The van der Waals surface area contributed by atoms with Crippen LogP contribution in [-0.4, -0.2) is 45.3 Å². The SMILES string of the molecule is CC(C)(CO)C(N)C(=O)O.CC(Cl)C(=O)O. The van der Waals surface area contributed by atoms with E-state index in [4.69, 9.17) is 32.7 Å². The molecule has 0 aromatic heterocycles. The van der Waals surface area contributed by atoms with E-state index in [1.807, 2.05) is 0 Å². The fraction of sp³-hybridized carbons (Fsp3) is 0.778. The summed E-state index contributed by atoms with van der Waals surface area (Å²) in [6, 6.07) is -1.00. The number of alkyl halides is 1. The first-order chi connectivity index (χ1) is 7.06. The Balaban J connectivity index is 0. The van der Waals surface area contributed by atoms with Crippen molar-refractivity contribution in [1.29, 1.82) is 0 Å². The summed E-state index contributed by atoms with van der Waals surface area (Å²) < 4.78 is 0. The Bertz CT molecular complexity index is 242. The second kappa shape index (κ2) is 7.43. The maximum atomic E-state index is 10.3. The molecule has 0 saturated carbocycles. The van der Waals surface area contributed by atoms with Crippen LogP contribution in [0.3, 0.4) is 0 Å². The van der Waals surface area contributed by atoms with E-state index in [1.165, 1.54) is 6.92 Å². The third-order valence-corrected chi connectivity index (χ3v) is 2.04. The molecule has 0 saturated heterocycles. The van der Waals surface area contributed by atoms with E-state index in [1.54, 1.807) is 13.8 Å². The second-order valence-corrected chi connectivity index (χ2v) is 4.57. The number of rotatable bonds is 4. The minimum atomic E-state index is -1.08. The van der Waals surface area contributed by atoms with Gasteiger partial charge >= 0.3 is 11.9 Å². The van der Waals surface area contributed by atoms with E-state index >= 15 is 0 Å². The lowest BCUT2D eigenvalue weighted by Gasteiger charge is -2.25. The van der Waals surface area contributed by atoms with Gasteiger partial charge in [-0.1, -0.05) is 13.8 Å². The average Bonchev–Trinajstić information content (AvgIpc) is 2.17. The van der Waals surface area contributed by atoms with Gasteiger partial charge in [0.15, 0.2) is 0 Å². The number of carboxylic acids is 2. The van der Waals surface area contributed by atoms with Crippen LogP contribution < -0.4 is 5.73 Å². The molecule has 0 aliphatic carbocycles. The van der Waals surface area contributed by atoms with Crippen LogP contribution in [0.5, 0.6) is 0 Å². The first kappa shape index (κ1) is 17.5. The molecule has 96 valence electrons. The highest BCUT2D eigenvalue weighted by molar-refractivity contribution is 6.29. The molecule has 0 spiro atoms. The molecule has 0 fully saturated rings. The van der Waals surface area contributed by atoms with Crippen molar-refractivity contribution in [3.05, 3.63) is 0 Å². The van der Waals surface area contributed by atoms with Crippen molar-refractivity contribution in [3.8, 4) is 0 Å². The predicted octanol–water partition coefficient (Wildman–Crippen LogP) is 0.115. The molecule has 0 aromatic rings. The van der Waals surface area contributed by atoms with Crippen LogP contribution in [0.25, 0.3) is 0 Å². The zero-order valence-corrected chi connectivity index (χ0v) is 10.2. The fourth-order valence-electron chi connectivity index (χ4n) is 0.433. The Hall–Kier alpha value is -0.850. The van der Waals surface area contributed by atoms with E-state index in [2.05, 4.69) is 0 Å². The van der Waals surface area contributed by atoms with Gasteiger partial charge in [0, 0.05) is 5.41 Å². The summed E-state index contributed by atoms with van der Waals surface area (Å²) in [4.78, 5) is 19.8. The molecule has 0 heterocycles. The average molecular weight is 256 g/mol. The van der Waals surface area contributed by atoms with Crippen LogP contribution in [-0.2, 0) is 9.59 Å². The van der Waals surface area contributed by atoms with Gasteiger partial charge in [0.05, 0.1) is 6.61 Å². The Labute approximate surface area is 99.0 Å². The predicted molar refractivity (Wildman–Crippen MR) is 59.4 cm³/mol. The number of hydrogen-bond donors (Lipinski definition) is 4. The van der Waals surface area contributed by atoms with Crippen molar-refractivity contribution in [2.45, 2.75) is 32.2 Å². The van der Waals surface area contributed by atoms with Crippen molar-refractivity contribution in [3.63, 3.8) is 0 Å². The van der Waals surface area contributed by atoms with E-state index < -0.39 is 28.8 Å². The Morgan fingerprint density at radius 2 is 1.62 bits per heavy atom. The number of carbonyl (C=O) groups is 2. The summed E-state index contributed by atoms with van der Waals surface area (Å²) in [7, 11) is 0. The minimum absolute atomic E-state index is 0.222. The van der Waals surface area contributed by atoms with Gasteiger partial charge in [-0.25, -0.2) is 0 Å². The highest BCUT2D eigenvalue weighted by Gasteiger charge is 2.30. The lowest BCUT2D eigenvalue weighted by molar-refractivity contribution is -0.142. The van der Waals surface area contributed by atoms with Crippen LogP contribution in [0.2, 0.25) is 0 Å². The summed E-state index contributed by atoms with van der Waals surface area (Å²) in [6.45, 7) is 4.39. The van der Waals surface area contributed by atoms with E-state index in [0.717, 1.165) is 0 Å². The van der Waals surface area contributed by atoms with E-state index in [9.17, 15) is 9.59 Å². The van der Waals surface area contributed by atoms with Gasteiger partial charge in [0.1, 0.15) is 11.4 Å². The quantitative estimate of drug-likeness (QED) is 0.529. The molecule has 16 heavy (non-hydrogen) atoms. The molecular formula is C9H18ClNO5. The second-order valence-electron chi connectivity index (χ2n) is 3.92. The lowest BCUT2D eigenvalue weighted by Crippen LogP contribution is -2.45. The molecule has 5 N–H and O–H groups in total. The zero-order valence-electron chi connectivity index (χ0n) is 9.48. The topological polar surface area (TPSA) is 121 Å². The van der Waals surface area contributed by atoms with Crippen LogP contribution in [0, 0.1) is 5.41 Å². The molecule has 6 nitrogen and oxygen atoms in total. The fourth-order valence-corrected chi connectivity index (χ4v) is 0.433. The maximum absolute atomic E-state index is 10.3. The minimum Gasteiger partial charge on any atom is -0.480 e. The van der Waals surface area contributed by atoms with Gasteiger partial charge in [-0.15, -0.1) is 11.6 Å². The van der Waals surface area contributed by atoms with Gasteiger partial charge in [0.2, 0.25) is 0 Å². The number of aliphatic carboxylic acids is 2. The van der Waals surface area contributed by atoms with Crippen molar-refractivity contribution in [2.24, 2.45) is 11.1 Å². The largest absolute Gasteiger partial charge is 0.480 e. The molecular weight excluding hydrogens is 238 g/mol. The zero-order chi connectivity index (χ0) is 13.5. The molecule has 0 bridgehead atoms. The summed E-state index contributed by atoms with van der Waals surface area (Å²) in [6.07, 6.45) is 0. The van der Waals surface area contributed by atoms with Crippen molar-refractivity contribution < 1.29 is 24.9 Å². The summed E-state index contributed by atoms with van der Waals surface area (Å²) in [5.74, 6) is -2.06. The van der Waals surface area contributed by atoms with Crippen LogP contribution in [0.1, 0.15) is 20.8 Å². The number of aliphatic hydroxyl groups excluding tert-OH is 1. The molecule has 0 aliphatic heterocycles. The molecule has 7 heteroatoms. The van der Waals surface area contributed by atoms with Gasteiger partial charge in [-0.05, 0) is 6.92 Å². The molecule has 2 atom stereocenters. The van der Waals surface area contributed by atoms with Gasteiger partial charge in [0.25, 0.3) is 0 Å². The van der Waals surface area contributed by atoms with Crippen molar-refractivity contribution >= 4 is 23.5 Å². The van der Waals surface area contributed by atoms with Crippen molar-refractivity contribution in [2.75, 3.05) is 6.61 Å². The van der Waals surface area contributed by atoms with Crippen LogP contribution in [0.4, 0.5) is 0 Å². The van der Waals surface area contributed by atoms with Crippen molar-refractivity contribution in [1.82, 2.24) is 0 Å². The number of carboxylic acid groups (broad SMARTS) is 2. The van der Waals surface area contributed by atoms with Crippen LogP contribution >= 0.6 is 11.6 Å². The van der Waals surface area contributed by atoms with E-state index in [-0.39, 0.29) is 6.61 Å². The molecule has 0 rings (SSSR count). The number of nitrogens with two attached hydrogens (primary N) is 1. The monoisotopic (exact) mass is 255 g/mol. The molecule has 0 aromatic carbocycles. The maximum Gasteiger partial charge on any atom is 0.321 e. The first-order valence-electron chi connectivity index (χ1n) is 4.52.